The molecule has 0 unspecified atom stereocenters. The Morgan fingerprint density at radius 3 is 2.41 bits per heavy atom. The van der Waals surface area contributed by atoms with Crippen LogP contribution in [0.25, 0.3) is 5.69 Å². The van der Waals surface area contributed by atoms with Crippen LogP contribution in [0.3, 0.4) is 0 Å². The van der Waals surface area contributed by atoms with Crippen LogP contribution >= 0.6 is 0 Å². The second kappa shape index (κ2) is 10.8. The van der Waals surface area contributed by atoms with Gasteiger partial charge in [-0.1, -0.05) is 6.07 Å². The lowest BCUT2D eigenvalue weighted by Crippen LogP contribution is -2.41. The molecular formula is C28H32FN5O5. The average molecular weight is 538 g/mol. The Labute approximate surface area is 225 Å². The fourth-order valence-electron chi connectivity index (χ4n) is 4.56. The number of aromatic nitrogens is 2. The third-order valence-corrected chi connectivity index (χ3v) is 6.73. The highest BCUT2D eigenvalue weighted by Crippen LogP contribution is 2.34. The standard InChI is InChI=1S/C28H32FN5O5/c1-17-6-7-20(14-18(17)2)33-25(19-10-12-32(13-11-19)27(36)39-28(3,4)5)22(16-30-33)26(35)31-24-15-21(34(37)38)8-9-23(24)29/h6-9,14-16,19H,10-13H2,1-5H3,(H,31,35). The zero-order valence-corrected chi connectivity index (χ0v) is 22.7. The van der Waals surface area contributed by atoms with Crippen molar-refractivity contribution < 1.29 is 23.6 Å². The molecule has 4 rings (SSSR count). The van der Waals surface area contributed by atoms with Crippen molar-refractivity contribution in [3.8, 4) is 5.69 Å². The number of hydrogen-bond acceptors (Lipinski definition) is 6. The molecule has 2 heterocycles. The molecule has 2 amide bonds. The van der Waals surface area contributed by atoms with Crippen LogP contribution in [-0.4, -0.2) is 50.3 Å². The van der Waals surface area contributed by atoms with Crippen LogP contribution in [-0.2, 0) is 4.74 Å². The maximum absolute atomic E-state index is 14.4. The molecule has 206 valence electrons. The number of nitro benzene ring substituents is 1. The highest BCUT2D eigenvalue weighted by molar-refractivity contribution is 6.05. The number of nitrogens with zero attached hydrogens (tertiary/aromatic N) is 4. The molecule has 1 aliphatic rings. The molecule has 1 aromatic heterocycles. The fourth-order valence-corrected chi connectivity index (χ4v) is 4.56. The number of nitro groups is 1. The summed E-state index contributed by atoms with van der Waals surface area (Å²) in [6.07, 6.45) is 2.15. The maximum Gasteiger partial charge on any atom is 0.410 e. The number of anilines is 1. The Bertz CT molecular complexity index is 1420. The summed E-state index contributed by atoms with van der Waals surface area (Å²) >= 11 is 0. The van der Waals surface area contributed by atoms with E-state index in [0.29, 0.717) is 31.6 Å². The molecule has 0 bridgehead atoms. The SMILES string of the molecule is Cc1ccc(-n2ncc(C(=O)Nc3cc([N+](=O)[O-])ccc3F)c2C2CCN(C(=O)OC(C)(C)C)CC2)cc1C. The van der Waals surface area contributed by atoms with E-state index in [1.807, 2.05) is 52.8 Å². The van der Waals surface area contributed by atoms with Gasteiger partial charge in [0.15, 0.2) is 0 Å². The first-order chi connectivity index (χ1) is 18.3. The molecule has 0 aliphatic carbocycles. The molecule has 11 heteroatoms. The summed E-state index contributed by atoms with van der Waals surface area (Å²) < 4.78 is 21.7. The minimum Gasteiger partial charge on any atom is -0.444 e. The Kier molecular flexibility index (Phi) is 7.71. The number of nitrogens with one attached hydrogen (secondary N) is 1. The molecule has 0 radical (unpaired) electrons. The van der Waals surface area contributed by atoms with Gasteiger partial charge >= 0.3 is 6.09 Å². The van der Waals surface area contributed by atoms with E-state index < -0.39 is 22.2 Å². The molecule has 1 fully saturated rings. The van der Waals surface area contributed by atoms with E-state index in [4.69, 9.17) is 4.74 Å². The van der Waals surface area contributed by atoms with Crippen LogP contribution in [0.1, 0.15) is 66.7 Å². The summed E-state index contributed by atoms with van der Waals surface area (Å²) in [6, 6.07) is 8.83. The topological polar surface area (TPSA) is 120 Å². The van der Waals surface area contributed by atoms with E-state index in [-0.39, 0.29) is 28.9 Å². The fraction of sp³-hybridized carbons (Fsp3) is 0.393. The van der Waals surface area contributed by atoms with Crippen molar-refractivity contribution in [1.29, 1.82) is 0 Å². The van der Waals surface area contributed by atoms with Crippen molar-refractivity contribution in [2.24, 2.45) is 0 Å². The van der Waals surface area contributed by atoms with Crippen molar-refractivity contribution in [3.05, 3.63) is 80.9 Å². The number of aryl methyl sites for hydroxylation is 2. The van der Waals surface area contributed by atoms with E-state index in [9.17, 15) is 24.1 Å². The number of rotatable bonds is 5. The summed E-state index contributed by atoms with van der Waals surface area (Å²) in [5.41, 5.74) is 2.55. The largest absolute Gasteiger partial charge is 0.444 e. The smallest absolute Gasteiger partial charge is 0.410 e. The van der Waals surface area contributed by atoms with Crippen molar-refractivity contribution in [2.75, 3.05) is 18.4 Å². The van der Waals surface area contributed by atoms with Crippen molar-refractivity contribution in [1.82, 2.24) is 14.7 Å². The van der Waals surface area contributed by atoms with Gasteiger partial charge in [-0.15, -0.1) is 0 Å². The highest BCUT2D eigenvalue weighted by atomic mass is 19.1. The summed E-state index contributed by atoms with van der Waals surface area (Å²) in [5, 5.41) is 18.2. The molecule has 39 heavy (non-hydrogen) atoms. The van der Waals surface area contributed by atoms with Gasteiger partial charge in [0.2, 0.25) is 0 Å². The molecule has 1 N–H and O–H groups in total. The molecule has 2 aromatic carbocycles. The summed E-state index contributed by atoms with van der Waals surface area (Å²) in [4.78, 5) is 38.2. The Morgan fingerprint density at radius 2 is 1.79 bits per heavy atom. The van der Waals surface area contributed by atoms with Crippen molar-refractivity contribution in [3.63, 3.8) is 0 Å². The second-order valence-electron chi connectivity index (χ2n) is 10.7. The van der Waals surface area contributed by atoms with Gasteiger partial charge in [-0.25, -0.2) is 13.9 Å². The number of benzene rings is 2. The first-order valence-electron chi connectivity index (χ1n) is 12.7. The normalized spacial score (nSPS) is 14.3. The molecule has 0 spiro atoms. The predicted octanol–water partition coefficient (Wildman–Crippen LogP) is 5.90. The first-order valence-corrected chi connectivity index (χ1v) is 12.7. The van der Waals surface area contributed by atoms with Crippen LogP contribution in [0.5, 0.6) is 0 Å². The van der Waals surface area contributed by atoms with Crippen molar-refractivity contribution in [2.45, 2.75) is 59.0 Å². The predicted molar refractivity (Wildman–Crippen MR) is 144 cm³/mol. The van der Waals surface area contributed by atoms with Crippen LogP contribution in [0.4, 0.5) is 20.6 Å². The second-order valence-corrected chi connectivity index (χ2v) is 10.7. The number of carbonyl (C=O) groups is 2. The summed E-state index contributed by atoms with van der Waals surface area (Å²) in [7, 11) is 0. The average Bonchev–Trinajstić information content (AvgIpc) is 3.31. The highest BCUT2D eigenvalue weighted by Gasteiger charge is 2.32. The molecule has 10 nitrogen and oxygen atoms in total. The van der Waals surface area contributed by atoms with Crippen LogP contribution in [0.2, 0.25) is 0 Å². The zero-order chi connectivity index (χ0) is 28.5. The van der Waals surface area contributed by atoms with Gasteiger partial charge in [0.25, 0.3) is 11.6 Å². The Morgan fingerprint density at radius 1 is 1.10 bits per heavy atom. The number of likely N-dealkylation sites (tertiary alicyclic amines) is 1. The number of ether oxygens (including phenoxy) is 1. The van der Waals surface area contributed by atoms with Crippen molar-refractivity contribution >= 4 is 23.4 Å². The van der Waals surface area contributed by atoms with E-state index in [1.54, 1.807) is 9.58 Å². The number of piperidine rings is 1. The minimum atomic E-state index is -0.789. The van der Waals surface area contributed by atoms with Gasteiger partial charge in [0.05, 0.1) is 33.8 Å². The molecule has 0 saturated carbocycles. The Hall–Kier alpha value is -4.28. The summed E-state index contributed by atoms with van der Waals surface area (Å²) in [6.45, 7) is 10.3. The summed E-state index contributed by atoms with van der Waals surface area (Å²) in [5.74, 6) is -1.56. The number of hydrogen-bond donors (Lipinski definition) is 1. The van der Waals surface area contributed by atoms with Crippen LogP contribution in [0.15, 0.2) is 42.6 Å². The van der Waals surface area contributed by atoms with Gasteiger partial charge < -0.3 is 15.0 Å². The number of carbonyl (C=O) groups excluding carboxylic acids is 2. The Balaban J connectivity index is 1.67. The van der Waals surface area contributed by atoms with Crippen LogP contribution in [0, 0.1) is 29.8 Å². The number of non-ortho nitro benzene ring substituents is 1. The quantitative estimate of drug-likeness (QED) is 0.319. The lowest BCUT2D eigenvalue weighted by Gasteiger charge is -2.34. The lowest BCUT2D eigenvalue weighted by molar-refractivity contribution is -0.384. The monoisotopic (exact) mass is 537 g/mol. The third-order valence-electron chi connectivity index (χ3n) is 6.73. The lowest BCUT2D eigenvalue weighted by atomic mass is 9.90. The van der Waals surface area contributed by atoms with Gasteiger partial charge in [0, 0.05) is 31.1 Å². The first kappa shape index (κ1) is 27.7. The van der Waals surface area contributed by atoms with E-state index in [0.717, 1.165) is 35.0 Å². The molecule has 1 saturated heterocycles. The van der Waals surface area contributed by atoms with E-state index >= 15 is 0 Å². The third kappa shape index (κ3) is 6.24. The van der Waals surface area contributed by atoms with E-state index in [1.165, 1.54) is 6.20 Å². The van der Waals surface area contributed by atoms with Gasteiger partial charge in [0.1, 0.15) is 11.4 Å². The van der Waals surface area contributed by atoms with Gasteiger partial charge in [-0.05, 0) is 76.8 Å². The maximum atomic E-state index is 14.4. The number of halogens is 1. The van der Waals surface area contributed by atoms with Gasteiger partial charge in [-0.3, -0.25) is 14.9 Å². The van der Waals surface area contributed by atoms with Crippen LogP contribution < -0.4 is 5.32 Å². The zero-order valence-electron chi connectivity index (χ0n) is 22.7. The minimum absolute atomic E-state index is 0.136. The molecular weight excluding hydrogens is 505 g/mol. The van der Waals surface area contributed by atoms with Gasteiger partial charge in [-0.2, -0.15) is 5.10 Å². The molecule has 0 atom stereocenters. The number of amides is 2. The van der Waals surface area contributed by atoms with E-state index in [2.05, 4.69) is 10.4 Å². The molecule has 1 aliphatic heterocycles. The molecule has 3 aromatic rings.